The van der Waals surface area contributed by atoms with Crippen LogP contribution in [-0.2, 0) is 21.7 Å². The van der Waals surface area contributed by atoms with Crippen molar-refractivity contribution < 1.29 is 4.42 Å². The molecular formula is C61H55BN2O. The molecule has 0 saturated heterocycles. The van der Waals surface area contributed by atoms with Crippen molar-refractivity contribution in [1.29, 1.82) is 0 Å². The maximum absolute atomic E-state index is 7.47. The van der Waals surface area contributed by atoms with Crippen LogP contribution in [0.1, 0.15) is 109 Å². The Morgan fingerprint density at radius 3 is 1.82 bits per heavy atom. The lowest BCUT2D eigenvalue weighted by Crippen LogP contribution is -2.60. The van der Waals surface area contributed by atoms with Crippen LogP contribution in [0.4, 0.5) is 11.4 Å². The molecule has 318 valence electrons. The Labute approximate surface area is 382 Å². The van der Waals surface area contributed by atoms with Crippen molar-refractivity contribution in [2.45, 2.75) is 110 Å². The third-order valence-corrected chi connectivity index (χ3v) is 17.3. The van der Waals surface area contributed by atoms with Gasteiger partial charge in [0.1, 0.15) is 11.2 Å². The number of rotatable bonds is 1. The van der Waals surface area contributed by atoms with Crippen molar-refractivity contribution in [1.82, 2.24) is 4.57 Å². The third kappa shape index (κ3) is 4.83. The summed E-state index contributed by atoms with van der Waals surface area (Å²) in [7, 11) is 0. The van der Waals surface area contributed by atoms with E-state index in [9.17, 15) is 0 Å². The summed E-state index contributed by atoms with van der Waals surface area (Å²) in [5.41, 5.74) is 21.0. The van der Waals surface area contributed by atoms with Gasteiger partial charge >= 0.3 is 6.85 Å². The van der Waals surface area contributed by atoms with E-state index in [0.717, 1.165) is 11.2 Å². The monoisotopic (exact) mass is 842 g/mol. The van der Waals surface area contributed by atoms with Crippen molar-refractivity contribution in [3.63, 3.8) is 0 Å². The molecule has 2 aromatic heterocycles. The Hall–Kier alpha value is -6.26. The second kappa shape index (κ2) is 12.1. The molecule has 0 fully saturated rings. The molecule has 3 nitrogen and oxygen atoms in total. The normalized spacial score (nSPS) is 18.4. The summed E-state index contributed by atoms with van der Waals surface area (Å²) in [5, 5.41) is 10.1. The zero-order chi connectivity index (χ0) is 44.3. The molecule has 65 heavy (non-hydrogen) atoms. The Balaban J connectivity index is 1.17. The Kier molecular flexibility index (Phi) is 7.11. The predicted molar refractivity (Wildman–Crippen MR) is 277 cm³/mol. The Morgan fingerprint density at radius 2 is 1.09 bits per heavy atom. The summed E-state index contributed by atoms with van der Waals surface area (Å²) in [6.45, 7) is 21.8. The van der Waals surface area contributed by atoms with Gasteiger partial charge in [-0.15, -0.1) is 0 Å². The number of furan rings is 1. The van der Waals surface area contributed by atoms with E-state index in [0.29, 0.717) is 0 Å². The molecule has 0 N–H and O–H groups in total. The summed E-state index contributed by atoms with van der Waals surface area (Å²) < 4.78 is 10.1. The van der Waals surface area contributed by atoms with Crippen LogP contribution in [0.5, 0.6) is 0 Å². The molecule has 2 aliphatic heterocycles. The molecule has 2 aliphatic carbocycles. The first kappa shape index (κ1) is 38.1. The predicted octanol–water partition coefficient (Wildman–Crippen LogP) is 15.2. The highest BCUT2D eigenvalue weighted by molar-refractivity contribution is 6.94. The summed E-state index contributed by atoms with van der Waals surface area (Å²) >= 11 is 0. The summed E-state index contributed by atoms with van der Waals surface area (Å²) in [6, 6.07) is 47.4. The smallest absolute Gasteiger partial charge is 0.333 e. The summed E-state index contributed by atoms with van der Waals surface area (Å²) in [6.07, 6.45) is 4.70. The second-order valence-corrected chi connectivity index (χ2v) is 23.0. The van der Waals surface area contributed by atoms with Crippen molar-refractivity contribution in [3.05, 3.63) is 149 Å². The van der Waals surface area contributed by atoms with Crippen molar-refractivity contribution >= 4 is 94.4 Å². The summed E-state index contributed by atoms with van der Waals surface area (Å²) in [5.74, 6) is 0. The minimum atomic E-state index is -0.0840. The quantitative estimate of drug-likeness (QED) is 0.154. The van der Waals surface area contributed by atoms with Gasteiger partial charge in [0, 0.05) is 44.2 Å². The molecular weight excluding hydrogens is 787 g/mol. The fourth-order valence-corrected chi connectivity index (χ4v) is 13.5. The minimum absolute atomic E-state index is 0.0511. The van der Waals surface area contributed by atoms with Crippen LogP contribution in [-0.4, -0.2) is 11.4 Å². The van der Waals surface area contributed by atoms with Crippen LogP contribution in [0.25, 0.3) is 82.1 Å². The molecule has 0 radical (unpaired) electrons. The van der Waals surface area contributed by atoms with Crippen LogP contribution in [0.2, 0.25) is 0 Å². The minimum Gasteiger partial charge on any atom is -0.455 e. The fourth-order valence-electron chi connectivity index (χ4n) is 13.5. The van der Waals surface area contributed by atoms with Crippen molar-refractivity contribution in [3.8, 4) is 16.8 Å². The number of para-hydroxylation sites is 1. The van der Waals surface area contributed by atoms with Gasteiger partial charge in [-0.3, -0.25) is 0 Å². The van der Waals surface area contributed by atoms with Crippen LogP contribution >= 0.6 is 0 Å². The van der Waals surface area contributed by atoms with Gasteiger partial charge < -0.3 is 13.8 Å². The first-order valence-electron chi connectivity index (χ1n) is 24.1. The van der Waals surface area contributed by atoms with Gasteiger partial charge in [0.05, 0.1) is 11.0 Å². The SMILES string of the molecule is Cc1cc2c(cc1N1B3c4c(cc5ccccc5c4-c4c1ccc1c4oc4cc5c(cc41)C(C)(C)CCC5(C)C)-n1c4cc5ccccc5cc4c4cccc3c41)C(C)(C)CCC2(C)C. The second-order valence-electron chi connectivity index (χ2n) is 23.0. The number of nitrogens with zero attached hydrogens (tertiary/aromatic N) is 2. The fraction of sp³-hybridized carbons (Fsp3) is 0.279. The molecule has 14 rings (SSSR count). The average Bonchev–Trinajstić information content (AvgIpc) is 3.82. The number of aromatic nitrogens is 1. The lowest BCUT2D eigenvalue weighted by Gasteiger charge is -2.46. The molecule has 10 aromatic rings. The Bertz CT molecular complexity index is 3820. The first-order valence-corrected chi connectivity index (χ1v) is 24.1. The zero-order valence-electron chi connectivity index (χ0n) is 39.3. The third-order valence-electron chi connectivity index (χ3n) is 17.3. The standard InChI is InChI=1S/C61H55BN2O/c1-34-27-43-45(60(6,7)25-23-58(43,2)3)32-49(34)64-48-22-21-40-42-31-44-46(61(8,9)26-24-59(44,4)5)33-52(42)65-57(40)54(48)53-38-18-13-12-17-37(38)30-51-55(53)62(64)47-20-14-19-39-41-28-35-15-10-11-16-36(35)29-50(41)63(51)56(39)47/h10-22,27-33H,23-26H2,1-9H3. The van der Waals surface area contributed by atoms with Gasteiger partial charge in [-0.1, -0.05) is 128 Å². The van der Waals surface area contributed by atoms with Gasteiger partial charge in [0.2, 0.25) is 0 Å². The van der Waals surface area contributed by atoms with Gasteiger partial charge in [-0.2, -0.15) is 0 Å². The number of hydrogen-bond donors (Lipinski definition) is 0. The topological polar surface area (TPSA) is 21.3 Å². The molecule has 0 bridgehead atoms. The van der Waals surface area contributed by atoms with Crippen LogP contribution in [0.15, 0.2) is 126 Å². The van der Waals surface area contributed by atoms with Crippen LogP contribution in [0, 0.1) is 6.92 Å². The van der Waals surface area contributed by atoms with Gasteiger partial charge in [-0.05, 0) is 169 Å². The molecule has 0 amide bonds. The lowest BCUT2D eigenvalue weighted by atomic mass is 9.43. The summed E-state index contributed by atoms with van der Waals surface area (Å²) in [4.78, 5) is 2.75. The largest absolute Gasteiger partial charge is 0.455 e. The average molecular weight is 843 g/mol. The van der Waals surface area contributed by atoms with E-state index in [1.807, 2.05) is 0 Å². The highest BCUT2D eigenvalue weighted by Gasteiger charge is 2.47. The molecule has 4 heterocycles. The van der Waals surface area contributed by atoms with E-state index in [1.54, 1.807) is 0 Å². The van der Waals surface area contributed by atoms with E-state index >= 15 is 0 Å². The van der Waals surface area contributed by atoms with Crippen molar-refractivity contribution in [2.75, 3.05) is 4.81 Å². The van der Waals surface area contributed by atoms with Crippen LogP contribution in [0.3, 0.4) is 0 Å². The molecule has 0 atom stereocenters. The molecule has 0 unspecified atom stereocenters. The van der Waals surface area contributed by atoms with Gasteiger partial charge in [-0.25, -0.2) is 0 Å². The van der Waals surface area contributed by atoms with E-state index in [-0.39, 0.29) is 28.5 Å². The van der Waals surface area contributed by atoms with Crippen molar-refractivity contribution in [2.24, 2.45) is 0 Å². The van der Waals surface area contributed by atoms with Gasteiger partial charge in [0.25, 0.3) is 0 Å². The number of aryl methyl sites for hydroxylation is 1. The van der Waals surface area contributed by atoms with Gasteiger partial charge in [0.15, 0.2) is 0 Å². The number of hydrogen-bond acceptors (Lipinski definition) is 2. The number of fused-ring (bicyclic) bond motifs is 16. The van der Waals surface area contributed by atoms with E-state index in [4.69, 9.17) is 4.42 Å². The number of anilines is 2. The Morgan fingerprint density at radius 1 is 0.477 bits per heavy atom. The molecule has 4 heteroatoms. The highest BCUT2D eigenvalue weighted by atomic mass is 16.3. The maximum atomic E-state index is 7.47. The van der Waals surface area contributed by atoms with E-state index in [1.165, 1.54) is 147 Å². The van der Waals surface area contributed by atoms with Crippen LogP contribution < -0.4 is 15.7 Å². The van der Waals surface area contributed by atoms with E-state index < -0.39 is 0 Å². The molecule has 4 aliphatic rings. The maximum Gasteiger partial charge on any atom is 0.333 e. The number of benzene rings is 8. The lowest BCUT2D eigenvalue weighted by molar-refractivity contribution is 0.332. The molecule has 0 saturated carbocycles. The highest BCUT2D eigenvalue weighted by Crippen LogP contribution is 2.55. The first-order chi connectivity index (χ1) is 31.1. The molecule has 0 spiro atoms. The zero-order valence-corrected chi connectivity index (χ0v) is 39.3. The molecule has 8 aromatic carbocycles. The van der Waals surface area contributed by atoms with E-state index in [2.05, 4.69) is 193 Å².